The topological polar surface area (TPSA) is 95.1 Å². The van der Waals surface area contributed by atoms with E-state index in [1.807, 2.05) is 4.90 Å². The highest BCUT2D eigenvalue weighted by Gasteiger charge is 2.12. The molecule has 0 aliphatic rings. The van der Waals surface area contributed by atoms with Gasteiger partial charge in [-0.1, -0.05) is 17.1 Å². The van der Waals surface area contributed by atoms with Crippen LogP contribution in [0.1, 0.15) is 0 Å². The molecule has 0 atom stereocenters. The maximum Gasteiger partial charge on any atom is 0.346 e. The van der Waals surface area contributed by atoms with E-state index in [1.54, 1.807) is 12.2 Å². The van der Waals surface area contributed by atoms with Crippen LogP contribution in [-0.2, 0) is 0 Å². The molecule has 0 amide bonds. The summed E-state index contributed by atoms with van der Waals surface area (Å²) < 4.78 is 0.378. The molecule has 0 radical (unpaired) electrons. The number of hydrogen-bond acceptors (Lipinski definition) is 5. The SMILES string of the molecule is C=CCN(CC=C)c1cc(N)[n+]([O-])c(N)n1. The van der Waals surface area contributed by atoms with Crippen LogP contribution in [0.15, 0.2) is 31.4 Å². The van der Waals surface area contributed by atoms with Crippen molar-refractivity contribution in [3.8, 4) is 0 Å². The highest BCUT2D eigenvalue weighted by Crippen LogP contribution is 2.13. The molecule has 16 heavy (non-hydrogen) atoms. The zero-order chi connectivity index (χ0) is 12.1. The van der Waals surface area contributed by atoms with Crippen molar-refractivity contribution in [1.82, 2.24) is 4.98 Å². The van der Waals surface area contributed by atoms with Crippen LogP contribution in [0.3, 0.4) is 0 Å². The van der Waals surface area contributed by atoms with Gasteiger partial charge in [0.1, 0.15) is 0 Å². The fourth-order valence-corrected chi connectivity index (χ4v) is 1.25. The zero-order valence-corrected chi connectivity index (χ0v) is 8.97. The Kier molecular flexibility index (Phi) is 3.71. The third kappa shape index (κ3) is 2.41. The molecule has 0 unspecified atom stereocenters. The Morgan fingerprint density at radius 3 is 2.38 bits per heavy atom. The molecule has 0 aliphatic heterocycles. The number of anilines is 3. The Labute approximate surface area is 94.1 Å². The average molecular weight is 221 g/mol. The predicted molar refractivity (Wildman–Crippen MR) is 64.6 cm³/mol. The van der Waals surface area contributed by atoms with Crippen LogP contribution >= 0.6 is 0 Å². The highest BCUT2D eigenvalue weighted by atomic mass is 16.5. The number of nitrogens with two attached hydrogens (primary N) is 2. The molecule has 0 spiro atoms. The lowest BCUT2D eigenvalue weighted by Crippen LogP contribution is -2.37. The molecule has 1 rings (SSSR count). The van der Waals surface area contributed by atoms with Gasteiger partial charge in [0, 0.05) is 13.1 Å². The summed E-state index contributed by atoms with van der Waals surface area (Å²) in [6.45, 7) is 8.42. The summed E-state index contributed by atoms with van der Waals surface area (Å²) in [7, 11) is 0. The van der Waals surface area contributed by atoms with Gasteiger partial charge in [0.05, 0.1) is 6.07 Å². The fraction of sp³-hybridized carbons (Fsp3) is 0.200. The molecule has 1 heterocycles. The van der Waals surface area contributed by atoms with Gasteiger partial charge in [-0.25, -0.2) is 4.73 Å². The Hall–Kier alpha value is -2.24. The van der Waals surface area contributed by atoms with Crippen molar-refractivity contribution < 1.29 is 4.73 Å². The third-order valence-corrected chi connectivity index (χ3v) is 1.97. The van der Waals surface area contributed by atoms with Gasteiger partial charge in [-0.3, -0.25) is 0 Å². The van der Waals surface area contributed by atoms with E-state index in [0.29, 0.717) is 23.6 Å². The largest absolute Gasteiger partial charge is 0.754 e. The van der Waals surface area contributed by atoms with Gasteiger partial charge in [0.2, 0.25) is 0 Å². The van der Waals surface area contributed by atoms with Crippen LogP contribution in [0.2, 0.25) is 0 Å². The lowest BCUT2D eigenvalue weighted by atomic mass is 10.4. The summed E-state index contributed by atoms with van der Waals surface area (Å²) in [5.41, 5.74) is 10.9. The molecular formula is C10H15N5O. The van der Waals surface area contributed by atoms with Gasteiger partial charge < -0.3 is 21.6 Å². The fourth-order valence-electron chi connectivity index (χ4n) is 1.25. The van der Waals surface area contributed by atoms with Crippen LogP contribution < -0.4 is 21.1 Å². The summed E-state index contributed by atoms with van der Waals surface area (Å²) in [5, 5.41) is 11.2. The smallest absolute Gasteiger partial charge is 0.346 e. The van der Waals surface area contributed by atoms with Crippen LogP contribution in [0.25, 0.3) is 0 Å². The molecule has 0 aliphatic carbocycles. The molecule has 6 nitrogen and oxygen atoms in total. The first kappa shape index (κ1) is 11.8. The van der Waals surface area contributed by atoms with E-state index in [1.165, 1.54) is 6.07 Å². The van der Waals surface area contributed by atoms with Crippen LogP contribution in [0.5, 0.6) is 0 Å². The molecule has 0 saturated carbocycles. The van der Waals surface area contributed by atoms with Crippen LogP contribution in [0.4, 0.5) is 17.6 Å². The molecule has 1 aromatic heterocycles. The number of nitrogen functional groups attached to an aromatic ring is 2. The first-order valence-corrected chi connectivity index (χ1v) is 4.72. The molecule has 4 N–H and O–H groups in total. The maximum absolute atomic E-state index is 11.2. The normalized spacial score (nSPS) is 9.75. The zero-order valence-electron chi connectivity index (χ0n) is 8.97. The molecule has 86 valence electrons. The third-order valence-electron chi connectivity index (χ3n) is 1.97. The van der Waals surface area contributed by atoms with Gasteiger partial charge >= 0.3 is 5.95 Å². The van der Waals surface area contributed by atoms with Gasteiger partial charge in [-0.2, -0.15) is 0 Å². The van der Waals surface area contributed by atoms with Crippen molar-refractivity contribution in [3.63, 3.8) is 0 Å². The van der Waals surface area contributed by atoms with Gasteiger partial charge in [0.15, 0.2) is 11.6 Å². The van der Waals surface area contributed by atoms with Crippen LogP contribution in [0, 0.1) is 5.21 Å². The Morgan fingerprint density at radius 1 is 1.38 bits per heavy atom. The maximum atomic E-state index is 11.2. The van der Waals surface area contributed by atoms with Crippen molar-refractivity contribution in [2.75, 3.05) is 29.5 Å². The van der Waals surface area contributed by atoms with Gasteiger partial charge in [0.25, 0.3) is 0 Å². The average Bonchev–Trinajstić information content (AvgIpc) is 2.25. The summed E-state index contributed by atoms with van der Waals surface area (Å²) in [6, 6.07) is 1.47. The lowest BCUT2D eigenvalue weighted by molar-refractivity contribution is -0.576. The number of nitrogens with zero attached hydrogens (tertiary/aromatic N) is 3. The van der Waals surface area contributed by atoms with E-state index in [0.717, 1.165) is 0 Å². The molecular weight excluding hydrogens is 206 g/mol. The molecule has 0 saturated heterocycles. The lowest BCUT2D eigenvalue weighted by Gasteiger charge is -2.20. The van der Waals surface area contributed by atoms with E-state index in [2.05, 4.69) is 18.1 Å². The Morgan fingerprint density at radius 2 is 1.94 bits per heavy atom. The van der Waals surface area contributed by atoms with Crippen molar-refractivity contribution >= 4 is 17.6 Å². The van der Waals surface area contributed by atoms with E-state index < -0.39 is 0 Å². The van der Waals surface area contributed by atoms with Crippen LogP contribution in [-0.4, -0.2) is 18.1 Å². The monoisotopic (exact) mass is 221 g/mol. The van der Waals surface area contributed by atoms with E-state index >= 15 is 0 Å². The summed E-state index contributed by atoms with van der Waals surface area (Å²) in [5.74, 6) is 0.371. The van der Waals surface area contributed by atoms with Gasteiger partial charge in [-0.05, 0) is 0 Å². The van der Waals surface area contributed by atoms with Crippen molar-refractivity contribution in [3.05, 3.63) is 36.6 Å². The first-order chi connectivity index (χ1) is 7.60. The molecule has 0 bridgehead atoms. The number of hydrogen-bond donors (Lipinski definition) is 2. The Balaban J connectivity index is 3.08. The summed E-state index contributed by atoms with van der Waals surface area (Å²) in [6.07, 6.45) is 3.44. The quantitative estimate of drug-likeness (QED) is 0.416. The second-order valence-electron chi connectivity index (χ2n) is 3.17. The van der Waals surface area contributed by atoms with Crippen molar-refractivity contribution in [2.45, 2.75) is 0 Å². The number of rotatable bonds is 5. The van der Waals surface area contributed by atoms with E-state index in [9.17, 15) is 5.21 Å². The molecule has 6 heteroatoms. The molecule has 0 aromatic carbocycles. The predicted octanol–water partition coefficient (Wildman–Crippen LogP) is 0.0578. The van der Waals surface area contributed by atoms with Gasteiger partial charge in [-0.15, -0.1) is 13.2 Å². The van der Waals surface area contributed by atoms with Crippen molar-refractivity contribution in [2.24, 2.45) is 0 Å². The van der Waals surface area contributed by atoms with Crippen molar-refractivity contribution in [1.29, 1.82) is 0 Å². The molecule has 1 aromatic rings. The van der Waals surface area contributed by atoms with E-state index in [4.69, 9.17) is 11.5 Å². The minimum absolute atomic E-state index is 0.0145. The standard InChI is InChI=1S/C10H15N5O/c1-3-5-14(6-4-2)9-7-8(11)15(16)10(12)13-9/h3-4,7H,1-2,5-6,11H2,(H2,12,13). The second-order valence-corrected chi connectivity index (χ2v) is 3.17. The Bertz CT molecular complexity index is 371. The second kappa shape index (κ2) is 5.01. The molecule has 0 fully saturated rings. The highest BCUT2D eigenvalue weighted by molar-refractivity contribution is 5.47. The van der Waals surface area contributed by atoms with E-state index in [-0.39, 0.29) is 11.8 Å². The first-order valence-electron chi connectivity index (χ1n) is 4.72. The minimum Gasteiger partial charge on any atom is -0.754 e. The minimum atomic E-state index is -0.173. The summed E-state index contributed by atoms with van der Waals surface area (Å²) >= 11 is 0. The summed E-state index contributed by atoms with van der Waals surface area (Å²) in [4.78, 5) is 5.79. The number of aromatic nitrogens is 2.